The molecule has 0 aliphatic carbocycles. The lowest BCUT2D eigenvalue weighted by molar-refractivity contribution is -0.154. The molecule has 0 heterocycles. The number of carboxylic acid groups (broad SMARTS) is 1. The minimum absolute atomic E-state index is 0.330. The van der Waals surface area contributed by atoms with Gasteiger partial charge in [-0.25, -0.2) is 4.79 Å². The van der Waals surface area contributed by atoms with Crippen LogP contribution in [0.1, 0.15) is 20.8 Å². The van der Waals surface area contributed by atoms with Crippen LogP contribution in [-0.4, -0.2) is 66.7 Å². The Morgan fingerprint density at radius 1 is 0.750 bits per heavy atom. The highest BCUT2D eigenvalue weighted by atomic mass is 16.6. The van der Waals surface area contributed by atoms with Crippen LogP contribution in [-0.2, 0) is 23.9 Å². The summed E-state index contributed by atoms with van der Waals surface area (Å²) in [4.78, 5) is 55.5. The average molecular weight is 346 g/mol. The van der Waals surface area contributed by atoms with Gasteiger partial charge in [-0.1, -0.05) is 0 Å². The van der Waals surface area contributed by atoms with Gasteiger partial charge in [0.15, 0.2) is 0 Å². The first-order valence-corrected chi connectivity index (χ1v) is 6.98. The first-order valence-electron chi connectivity index (χ1n) is 6.98. The summed E-state index contributed by atoms with van der Waals surface area (Å²) < 4.78 is 4.98. The van der Waals surface area contributed by atoms with Crippen molar-refractivity contribution in [3.63, 3.8) is 0 Å². The van der Waals surface area contributed by atoms with Crippen molar-refractivity contribution in [2.24, 2.45) is 0 Å². The Bertz CT molecular complexity index is 499. The lowest BCUT2D eigenvalue weighted by atomic mass is 10.2. The van der Waals surface area contributed by atoms with E-state index in [4.69, 9.17) is 9.84 Å². The zero-order chi connectivity index (χ0) is 18.8. The van der Waals surface area contributed by atoms with Gasteiger partial charge in [-0.3, -0.25) is 19.2 Å². The Balaban J connectivity index is 3.86. The van der Waals surface area contributed by atoms with Crippen LogP contribution < -0.4 is 21.3 Å². The smallest absolute Gasteiger partial charge is 0.405 e. The van der Waals surface area contributed by atoms with Crippen molar-refractivity contribution in [2.45, 2.75) is 26.4 Å². The molecular weight excluding hydrogens is 324 g/mol. The molecule has 5 N–H and O–H groups in total. The predicted octanol–water partition coefficient (Wildman–Crippen LogP) is -2.06. The van der Waals surface area contributed by atoms with Gasteiger partial charge in [0, 0.05) is 0 Å². The molecule has 11 heteroatoms. The van der Waals surface area contributed by atoms with Crippen molar-refractivity contribution in [3.05, 3.63) is 0 Å². The van der Waals surface area contributed by atoms with Crippen molar-refractivity contribution < 1.29 is 33.8 Å². The molecular formula is C13H22N4O7. The van der Waals surface area contributed by atoms with E-state index in [2.05, 4.69) is 16.0 Å². The summed E-state index contributed by atoms with van der Waals surface area (Å²) in [6.07, 6.45) is -1.36. The van der Waals surface area contributed by atoms with Crippen LogP contribution in [0.4, 0.5) is 4.79 Å². The van der Waals surface area contributed by atoms with E-state index in [0.29, 0.717) is 0 Å². The van der Waals surface area contributed by atoms with Crippen molar-refractivity contribution in [2.75, 3.05) is 26.2 Å². The maximum atomic E-state index is 11.4. The first-order chi connectivity index (χ1) is 11.0. The van der Waals surface area contributed by atoms with Gasteiger partial charge in [-0.2, -0.15) is 0 Å². The molecule has 0 rings (SSSR count). The number of carbonyl (C=O) groups is 5. The zero-order valence-electron chi connectivity index (χ0n) is 13.7. The summed E-state index contributed by atoms with van der Waals surface area (Å²) in [7, 11) is 0. The number of esters is 1. The van der Waals surface area contributed by atoms with Crippen LogP contribution in [0, 0.1) is 0 Å². The van der Waals surface area contributed by atoms with Crippen LogP contribution in [0.15, 0.2) is 0 Å². The third-order valence-electron chi connectivity index (χ3n) is 2.14. The fraction of sp³-hybridized carbons (Fsp3) is 0.615. The van der Waals surface area contributed by atoms with E-state index in [0.717, 1.165) is 0 Å². The highest BCUT2D eigenvalue weighted by Crippen LogP contribution is 2.05. The molecule has 0 fully saturated rings. The number of amides is 4. The number of rotatable bonds is 8. The summed E-state index contributed by atoms with van der Waals surface area (Å²) in [6.45, 7) is 3.45. The Morgan fingerprint density at radius 3 is 1.50 bits per heavy atom. The summed E-state index contributed by atoms with van der Waals surface area (Å²) in [5.74, 6) is -2.55. The average Bonchev–Trinajstić information content (AvgIpc) is 2.44. The quantitative estimate of drug-likeness (QED) is 0.316. The molecule has 4 amide bonds. The number of hydrogen-bond acceptors (Lipinski definition) is 6. The summed E-state index contributed by atoms with van der Waals surface area (Å²) >= 11 is 0. The predicted molar refractivity (Wildman–Crippen MR) is 80.9 cm³/mol. The van der Waals surface area contributed by atoms with E-state index < -0.39 is 48.5 Å². The minimum Gasteiger partial charge on any atom is -0.465 e. The normalized spacial score (nSPS) is 10.3. The second-order valence-corrected chi connectivity index (χ2v) is 5.58. The van der Waals surface area contributed by atoms with E-state index in [9.17, 15) is 24.0 Å². The third kappa shape index (κ3) is 12.9. The van der Waals surface area contributed by atoms with E-state index in [-0.39, 0.29) is 13.1 Å². The first kappa shape index (κ1) is 21.1. The topological polar surface area (TPSA) is 163 Å². The van der Waals surface area contributed by atoms with Crippen LogP contribution in [0.5, 0.6) is 0 Å². The Labute approximate surface area is 138 Å². The third-order valence-corrected chi connectivity index (χ3v) is 2.14. The molecule has 136 valence electrons. The highest BCUT2D eigenvalue weighted by molar-refractivity contribution is 5.90. The maximum absolute atomic E-state index is 11.4. The number of hydrogen-bond donors (Lipinski definition) is 5. The Kier molecular flexibility index (Phi) is 8.83. The van der Waals surface area contributed by atoms with E-state index >= 15 is 0 Å². The van der Waals surface area contributed by atoms with E-state index in [1.54, 1.807) is 20.8 Å². The standard InChI is InChI=1S/C13H22N4O7/c1-13(2,3)24-11(21)7-16-9(19)5-14-8(18)4-15-10(20)6-17-12(22)23/h17H,4-7H2,1-3H3,(H,14,18)(H,15,20)(H,16,19)(H,22,23). The fourth-order valence-corrected chi connectivity index (χ4v) is 1.25. The van der Waals surface area contributed by atoms with Crippen molar-refractivity contribution >= 4 is 29.8 Å². The SMILES string of the molecule is CC(C)(C)OC(=O)CNC(=O)CNC(=O)CNC(=O)CNC(=O)O. The number of ether oxygens (including phenoxy) is 1. The fourth-order valence-electron chi connectivity index (χ4n) is 1.25. The van der Waals surface area contributed by atoms with Gasteiger partial charge < -0.3 is 31.1 Å². The lowest BCUT2D eigenvalue weighted by Crippen LogP contribution is -2.45. The van der Waals surface area contributed by atoms with Gasteiger partial charge in [0.1, 0.15) is 12.1 Å². The van der Waals surface area contributed by atoms with Gasteiger partial charge >= 0.3 is 12.1 Å². The minimum atomic E-state index is -1.36. The molecule has 0 saturated carbocycles. The largest absolute Gasteiger partial charge is 0.465 e. The van der Waals surface area contributed by atoms with Gasteiger partial charge in [0.25, 0.3) is 0 Å². The second-order valence-electron chi connectivity index (χ2n) is 5.58. The van der Waals surface area contributed by atoms with Gasteiger partial charge in [-0.15, -0.1) is 0 Å². The molecule has 11 nitrogen and oxygen atoms in total. The lowest BCUT2D eigenvalue weighted by Gasteiger charge is -2.19. The van der Waals surface area contributed by atoms with Crippen molar-refractivity contribution in [1.29, 1.82) is 0 Å². The molecule has 0 unspecified atom stereocenters. The molecule has 0 aromatic heterocycles. The molecule has 0 saturated heterocycles. The van der Waals surface area contributed by atoms with Crippen LogP contribution >= 0.6 is 0 Å². The molecule has 0 aliphatic rings. The van der Waals surface area contributed by atoms with Gasteiger partial charge in [-0.05, 0) is 20.8 Å². The van der Waals surface area contributed by atoms with E-state index in [1.165, 1.54) is 0 Å². The summed E-state index contributed by atoms with van der Waals surface area (Å²) in [5, 5.41) is 16.8. The van der Waals surface area contributed by atoms with Crippen LogP contribution in [0.3, 0.4) is 0 Å². The van der Waals surface area contributed by atoms with Crippen molar-refractivity contribution in [1.82, 2.24) is 21.3 Å². The molecule has 0 aliphatic heterocycles. The molecule has 0 atom stereocenters. The summed E-state index contributed by atoms with van der Waals surface area (Å²) in [6, 6.07) is 0. The van der Waals surface area contributed by atoms with Crippen LogP contribution in [0.25, 0.3) is 0 Å². The highest BCUT2D eigenvalue weighted by Gasteiger charge is 2.16. The monoisotopic (exact) mass is 346 g/mol. The van der Waals surface area contributed by atoms with Crippen molar-refractivity contribution in [3.8, 4) is 0 Å². The molecule has 0 aromatic rings. The number of carbonyl (C=O) groups excluding carboxylic acids is 4. The molecule has 0 aromatic carbocycles. The maximum Gasteiger partial charge on any atom is 0.405 e. The van der Waals surface area contributed by atoms with Crippen LogP contribution in [0.2, 0.25) is 0 Å². The van der Waals surface area contributed by atoms with Gasteiger partial charge in [0.2, 0.25) is 17.7 Å². The molecule has 0 bridgehead atoms. The zero-order valence-corrected chi connectivity index (χ0v) is 13.7. The van der Waals surface area contributed by atoms with Gasteiger partial charge in [0.05, 0.1) is 19.6 Å². The second kappa shape index (κ2) is 10.0. The Hall–Kier alpha value is -2.85. The Morgan fingerprint density at radius 2 is 1.12 bits per heavy atom. The summed E-state index contributed by atoms with van der Waals surface area (Å²) in [5.41, 5.74) is -0.663. The molecule has 24 heavy (non-hydrogen) atoms. The molecule has 0 spiro atoms. The molecule has 0 radical (unpaired) electrons. The number of nitrogens with one attached hydrogen (secondary N) is 4. The van der Waals surface area contributed by atoms with E-state index in [1.807, 2.05) is 5.32 Å².